The van der Waals surface area contributed by atoms with Crippen molar-refractivity contribution in [3.05, 3.63) is 82.4 Å². The average Bonchev–Trinajstić information content (AvgIpc) is 2.92. The van der Waals surface area contributed by atoms with Crippen LogP contribution in [0, 0.1) is 13.8 Å². The summed E-state index contributed by atoms with van der Waals surface area (Å²) in [5.74, 6) is -0.0887. The van der Waals surface area contributed by atoms with E-state index in [1.165, 1.54) is 17.6 Å². The summed E-state index contributed by atoms with van der Waals surface area (Å²) < 4.78 is 5.30. The van der Waals surface area contributed by atoms with Crippen LogP contribution in [0.3, 0.4) is 0 Å². The molecule has 0 unspecified atom stereocenters. The molecule has 4 rings (SSSR count). The zero-order valence-corrected chi connectivity index (χ0v) is 19.4. The molecule has 33 heavy (non-hydrogen) atoms. The molecule has 2 amide bonds. The molecule has 1 aliphatic rings. The minimum atomic E-state index is -0.367. The predicted octanol–water partition coefficient (Wildman–Crippen LogP) is 5.46. The van der Waals surface area contributed by atoms with Crippen LogP contribution in [-0.4, -0.2) is 31.2 Å². The van der Waals surface area contributed by atoms with Crippen LogP contribution in [0.2, 0.25) is 5.02 Å². The summed E-state index contributed by atoms with van der Waals surface area (Å²) in [5, 5.41) is 3.26. The van der Waals surface area contributed by atoms with Crippen molar-refractivity contribution in [1.82, 2.24) is 0 Å². The van der Waals surface area contributed by atoms with Crippen LogP contribution in [0.5, 0.6) is 5.75 Å². The van der Waals surface area contributed by atoms with Gasteiger partial charge in [0.25, 0.3) is 0 Å². The molecule has 6 nitrogen and oxygen atoms in total. The molecular formula is C26H24ClN3O3. The van der Waals surface area contributed by atoms with Gasteiger partial charge in [-0.05, 0) is 66.9 Å². The molecule has 3 aromatic rings. The number of aliphatic imine (C=N–C) groups is 1. The van der Waals surface area contributed by atoms with Gasteiger partial charge in [-0.15, -0.1) is 0 Å². The number of nitrogens with zero attached hydrogens (tertiary/aromatic N) is 2. The van der Waals surface area contributed by atoms with Gasteiger partial charge < -0.3 is 15.0 Å². The zero-order valence-electron chi connectivity index (χ0n) is 18.7. The number of ether oxygens (including phenoxy) is 1. The normalized spacial score (nSPS) is 13.2. The zero-order chi connectivity index (χ0) is 23.5. The SMILES string of the molecule is COc1ccc(Cl)cc1NC(=O)CN1C(=O)CC(c2ccc(C)c(C)c2)=Nc2ccccc21. The monoisotopic (exact) mass is 461 g/mol. The summed E-state index contributed by atoms with van der Waals surface area (Å²) in [6.07, 6.45) is 0.0882. The summed E-state index contributed by atoms with van der Waals surface area (Å²) in [5.41, 5.74) is 5.56. The molecule has 1 N–H and O–H groups in total. The third-order valence-electron chi connectivity index (χ3n) is 5.63. The van der Waals surface area contributed by atoms with E-state index >= 15 is 0 Å². The number of hydrogen-bond acceptors (Lipinski definition) is 4. The second-order valence-electron chi connectivity index (χ2n) is 7.90. The van der Waals surface area contributed by atoms with Gasteiger partial charge >= 0.3 is 0 Å². The standard InChI is InChI=1S/C26H24ClN3O3/c1-16-8-9-18(12-17(16)2)21-14-26(32)30(23-7-5-4-6-20(23)28-21)15-25(31)29-22-13-19(27)10-11-24(22)33-3/h4-13H,14-15H2,1-3H3,(H,29,31). The van der Waals surface area contributed by atoms with Crippen molar-refractivity contribution in [3.63, 3.8) is 0 Å². The number of halogens is 1. The first kappa shape index (κ1) is 22.6. The van der Waals surface area contributed by atoms with Crippen LogP contribution in [0.15, 0.2) is 65.7 Å². The van der Waals surface area contributed by atoms with Crippen molar-refractivity contribution < 1.29 is 14.3 Å². The van der Waals surface area contributed by atoms with Crippen LogP contribution >= 0.6 is 11.6 Å². The number of fused-ring (bicyclic) bond motifs is 1. The number of amides is 2. The highest BCUT2D eigenvalue weighted by Crippen LogP contribution is 2.33. The minimum absolute atomic E-state index is 0.0882. The number of carbonyl (C=O) groups is 2. The van der Waals surface area contributed by atoms with Gasteiger partial charge in [0, 0.05) is 5.02 Å². The van der Waals surface area contributed by atoms with Gasteiger partial charge in [-0.2, -0.15) is 0 Å². The fourth-order valence-electron chi connectivity index (χ4n) is 3.72. The minimum Gasteiger partial charge on any atom is -0.495 e. The first-order valence-electron chi connectivity index (χ1n) is 10.5. The molecule has 0 bridgehead atoms. The molecule has 0 atom stereocenters. The van der Waals surface area contributed by atoms with Gasteiger partial charge in [0.1, 0.15) is 12.3 Å². The van der Waals surface area contributed by atoms with Crippen LogP contribution in [0.4, 0.5) is 17.1 Å². The molecule has 3 aromatic carbocycles. The Morgan fingerprint density at radius 1 is 1.09 bits per heavy atom. The maximum atomic E-state index is 13.3. The van der Waals surface area contributed by atoms with Gasteiger partial charge in [-0.3, -0.25) is 14.6 Å². The summed E-state index contributed by atoms with van der Waals surface area (Å²) >= 11 is 6.07. The van der Waals surface area contributed by atoms with Crippen molar-refractivity contribution in [2.75, 3.05) is 23.9 Å². The molecule has 1 heterocycles. The summed E-state index contributed by atoms with van der Waals surface area (Å²) in [6.45, 7) is 3.91. The number of carbonyl (C=O) groups excluding carboxylic acids is 2. The molecule has 0 aromatic heterocycles. The Morgan fingerprint density at radius 3 is 2.64 bits per heavy atom. The lowest BCUT2D eigenvalue weighted by molar-refractivity contribution is -0.120. The highest BCUT2D eigenvalue weighted by Gasteiger charge is 2.27. The van der Waals surface area contributed by atoms with Crippen molar-refractivity contribution >= 4 is 46.2 Å². The Balaban J connectivity index is 1.62. The van der Waals surface area contributed by atoms with Crippen LogP contribution in [0.25, 0.3) is 0 Å². The average molecular weight is 462 g/mol. The van der Waals surface area contributed by atoms with E-state index in [-0.39, 0.29) is 24.8 Å². The van der Waals surface area contributed by atoms with E-state index in [4.69, 9.17) is 21.3 Å². The van der Waals surface area contributed by atoms with E-state index in [1.807, 2.05) is 50.2 Å². The fraction of sp³-hybridized carbons (Fsp3) is 0.192. The number of rotatable bonds is 5. The summed E-state index contributed by atoms with van der Waals surface area (Å²) in [7, 11) is 1.51. The van der Waals surface area contributed by atoms with Crippen molar-refractivity contribution in [3.8, 4) is 5.75 Å². The molecule has 0 spiro atoms. The number of anilines is 2. The lowest BCUT2D eigenvalue weighted by Gasteiger charge is -2.22. The van der Waals surface area contributed by atoms with Gasteiger partial charge in [-0.25, -0.2) is 0 Å². The lowest BCUT2D eigenvalue weighted by atomic mass is 10.0. The van der Waals surface area contributed by atoms with Gasteiger partial charge in [0.05, 0.1) is 36.3 Å². The van der Waals surface area contributed by atoms with E-state index in [2.05, 4.69) is 5.32 Å². The number of aryl methyl sites for hydroxylation is 2. The molecule has 0 radical (unpaired) electrons. The molecular weight excluding hydrogens is 438 g/mol. The Kier molecular flexibility index (Phi) is 6.47. The first-order valence-corrected chi connectivity index (χ1v) is 10.9. The molecule has 1 aliphatic heterocycles. The fourth-order valence-corrected chi connectivity index (χ4v) is 3.89. The summed E-state index contributed by atoms with van der Waals surface area (Å²) in [4.78, 5) is 32.5. The predicted molar refractivity (Wildman–Crippen MR) is 132 cm³/mol. The largest absolute Gasteiger partial charge is 0.495 e. The second-order valence-corrected chi connectivity index (χ2v) is 8.33. The number of nitrogens with one attached hydrogen (secondary N) is 1. The number of para-hydroxylation sites is 2. The van der Waals surface area contributed by atoms with E-state index in [0.717, 1.165) is 11.1 Å². The second kappa shape index (κ2) is 9.46. The van der Waals surface area contributed by atoms with Crippen molar-refractivity contribution in [1.29, 1.82) is 0 Å². The topological polar surface area (TPSA) is 71.0 Å². The Labute approximate surface area is 197 Å². The summed E-state index contributed by atoms with van der Waals surface area (Å²) in [6, 6.07) is 18.3. The highest BCUT2D eigenvalue weighted by atomic mass is 35.5. The molecule has 168 valence electrons. The van der Waals surface area contributed by atoms with E-state index in [1.54, 1.807) is 24.3 Å². The van der Waals surface area contributed by atoms with Gasteiger partial charge in [-0.1, -0.05) is 35.9 Å². The quantitative estimate of drug-likeness (QED) is 0.548. The van der Waals surface area contributed by atoms with E-state index in [0.29, 0.717) is 33.5 Å². The molecule has 7 heteroatoms. The third kappa shape index (κ3) is 4.91. The van der Waals surface area contributed by atoms with Crippen molar-refractivity contribution in [2.45, 2.75) is 20.3 Å². The maximum absolute atomic E-state index is 13.3. The van der Waals surface area contributed by atoms with Gasteiger partial charge in [0.15, 0.2) is 0 Å². The molecule has 0 saturated heterocycles. The third-order valence-corrected chi connectivity index (χ3v) is 5.86. The first-order chi connectivity index (χ1) is 15.9. The maximum Gasteiger partial charge on any atom is 0.244 e. The molecule has 0 aliphatic carbocycles. The highest BCUT2D eigenvalue weighted by molar-refractivity contribution is 6.31. The Hall–Kier alpha value is -3.64. The lowest BCUT2D eigenvalue weighted by Crippen LogP contribution is -2.38. The van der Waals surface area contributed by atoms with E-state index in [9.17, 15) is 9.59 Å². The molecule has 0 fully saturated rings. The van der Waals surface area contributed by atoms with Crippen LogP contribution < -0.4 is 15.0 Å². The molecule has 0 saturated carbocycles. The van der Waals surface area contributed by atoms with E-state index < -0.39 is 0 Å². The number of hydrogen-bond donors (Lipinski definition) is 1. The van der Waals surface area contributed by atoms with Crippen LogP contribution in [0.1, 0.15) is 23.1 Å². The smallest absolute Gasteiger partial charge is 0.244 e. The van der Waals surface area contributed by atoms with Crippen LogP contribution in [-0.2, 0) is 9.59 Å². The number of benzene rings is 3. The van der Waals surface area contributed by atoms with Gasteiger partial charge in [0.2, 0.25) is 11.8 Å². The Bertz CT molecular complexity index is 1270. The Morgan fingerprint density at radius 2 is 1.88 bits per heavy atom. The van der Waals surface area contributed by atoms with Crippen molar-refractivity contribution in [2.24, 2.45) is 4.99 Å². The number of methoxy groups -OCH3 is 1.